The van der Waals surface area contributed by atoms with E-state index in [1.54, 1.807) is 24.2 Å². The van der Waals surface area contributed by atoms with Crippen molar-refractivity contribution in [2.45, 2.75) is 25.4 Å². The zero-order chi connectivity index (χ0) is 25.4. The van der Waals surface area contributed by atoms with Gasteiger partial charge in [-0.25, -0.2) is 23.1 Å². The summed E-state index contributed by atoms with van der Waals surface area (Å²) < 4.78 is 48.4. The molecule has 0 saturated carbocycles. The molecule has 0 radical (unpaired) electrons. The maximum atomic E-state index is 14.1. The molecule has 1 heterocycles. The molecule has 1 amide bonds. The molecule has 1 aromatic heterocycles. The van der Waals surface area contributed by atoms with Crippen molar-refractivity contribution in [2.75, 3.05) is 25.6 Å². The van der Waals surface area contributed by atoms with Gasteiger partial charge in [-0.1, -0.05) is 36.4 Å². The van der Waals surface area contributed by atoms with Gasteiger partial charge in [-0.3, -0.25) is 14.7 Å². The molecule has 3 aromatic rings. The maximum absolute atomic E-state index is 14.1. The van der Waals surface area contributed by atoms with E-state index in [0.29, 0.717) is 12.2 Å². The third-order valence-electron chi connectivity index (χ3n) is 5.28. The minimum absolute atomic E-state index is 0.0187. The van der Waals surface area contributed by atoms with Crippen LogP contribution in [0, 0.1) is 11.6 Å². The lowest BCUT2D eigenvalue weighted by Gasteiger charge is -2.28. The molecule has 0 fully saturated rings. The van der Waals surface area contributed by atoms with Crippen LogP contribution in [0.4, 0.5) is 19.4 Å². The minimum Gasteiger partial charge on any atom is -0.448 e. The van der Waals surface area contributed by atoms with Crippen molar-refractivity contribution < 1.29 is 37.2 Å². The molecule has 1 atom stereocenters. The van der Waals surface area contributed by atoms with Crippen LogP contribution in [0.1, 0.15) is 18.4 Å². The molecule has 0 spiro atoms. The summed E-state index contributed by atoms with van der Waals surface area (Å²) in [7, 11) is -2.97. The number of aromatic nitrogens is 1. The maximum Gasteiger partial charge on any atom is 0.469 e. The first kappa shape index (κ1) is 26.7. The van der Waals surface area contributed by atoms with E-state index in [0.717, 1.165) is 16.8 Å². The Kier molecular flexibility index (Phi) is 9.25. The Morgan fingerprint density at radius 2 is 1.91 bits per heavy atom. The number of phosphoric ester groups is 1. The summed E-state index contributed by atoms with van der Waals surface area (Å²) >= 11 is 0. The molecule has 35 heavy (non-hydrogen) atoms. The number of carbonyl (C=O) groups excluding carboxylic acids is 1. The second-order valence-corrected chi connectivity index (χ2v) is 9.13. The number of benzene rings is 2. The van der Waals surface area contributed by atoms with Gasteiger partial charge in [-0.05, 0) is 37.4 Å². The lowest BCUT2D eigenvalue weighted by atomic mass is 10.1. The van der Waals surface area contributed by atoms with Crippen molar-refractivity contribution in [1.29, 1.82) is 0 Å². The number of phosphoric acid groups is 1. The van der Waals surface area contributed by atoms with Crippen molar-refractivity contribution in [1.82, 2.24) is 9.88 Å². The van der Waals surface area contributed by atoms with Crippen molar-refractivity contribution >= 4 is 30.5 Å². The van der Waals surface area contributed by atoms with E-state index in [-0.39, 0.29) is 31.7 Å². The third-order valence-corrected chi connectivity index (χ3v) is 5.80. The number of rotatable bonds is 11. The summed E-state index contributed by atoms with van der Waals surface area (Å²) in [4.78, 5) is 35.9. The molecule has 0 unspecified atom stereocenters. The third kappa shape index (κ3) is 8.34. The molecule has 0 aliphatic carbocycles. The summed E-state index contributed by atoms with van der Waals surface area (Å²) in [5, 5.41) is 4.35. The predicted molar refractivity (Wildman–Crippen MR) is 126 cm³/mol. The number of fused-ring (bicyclic) bond motifs is 1. The van der Waals surface area contributed by atoms with Gasteiger partial charge < -0.3 is 14.5 Å². The molecular formula is C23H26F2N3O6P. The van der Waals surface area contributed by atoms with E-state index in [1.807, 2.05) is 24.3 Å². The number of nitrogens with zero attached hydrogens (tertiary/aromatic N) is 2. The molecule has 12 heteroatoms. The summed E-state index contributed by atoms with van der Waals surface area (Å²) in [6.07, 6.45) is 1.39. The lowest BCUT2D eigenvalue weighted by Crippen LogP contribution is -2.37. The van der Waals surface area contributed by atoms with Gasteiger partial charge in [0.05, 0.1) is 6.61 Å². The molecule has 2 aromatic carbocycles. The number of likely N-dealkylation sites (N-methyl/N-ethyl adjacent to an activating group) is 1. The van der Waals surface area contributed by atoms with E-state index in [2.05, 4.69) is 14.8 Å². The number of halogens is 2. The molecule has 9 nitrogen and oxygen atoms in total. The van der Waals surface area contributed by atoms with Gasteiger partial charge in [-0.2, -0.15) is 0 Å². The Hall–Kier alpha value is -2.95. The number of hydrogen-bond acceptors (Lipinski definition) is 6. The first-order valence-electron chi connectivity index (χ1n) is 10.7. The van der Waals surface area contributed by atoms with Crippen LogP contribution in [0.2, 0.25) is 0 Å². The Bertz CT molecular complexity index is 1210. The quantitative estimate of drug-likeness (QED) is 0.256. The SMILES string of the molecule is CN(Cc1cccc(F)c1F)[C@@H](CCCOP(=O)(O)O)COC(=O)Nc1cc2ccccc2cn1. The number of anilines is 1. The van der Waals surface area contributed by atoms with Crippen LogP contribution in [0.5, 0.6) is 0 Å². The Balaban J connectivity index is 1.62. The molecule has 0 aliphatic rings. The molecule has 0 saturated heterocycles. The fourth-order valence-electron chi connectivity index (χ4n) is 3.47. The summed E-state index contributed by atoms with van der Waals surface area (Å²) in [6.45, 7) is -0.330. The van der Waals surface area contributed by atoms with Crippen LogP contribution in [-0.2, 0) is 20.4 Å². The van der Waals surface area contributed by atoms with Crippen LogP contribution in [0.15, 0.2) is 54.7 Å². The van der Waals surface area contributed by atoms with Crippen LogP contribution >= 0.6 is 7.82 Å². The van der Waals surface area contributed by atoms with Crippen LogP contribution in [0.3, 0.4) is 0 Å². The number of carbonyl (C=O) groups is 1. The molecular weight excluding hydrogens is 483 g/mol. The standard InChI is InChI=1S/C23H26F2N3O6P/c1-28(14-18-8-4-10-20(24)22(18)25)19(9-5-11-34-35(30,31)32)15-33-23(29)27-21-12-16-6-2-3-7-17(16)13-26-21/h2-4,6-8,10,12-13,19H,5,9,11,14-15H2,1H3,(H,26,27,29)(H2,30,31,32)/t19-/m0/s1. The topological polar surface area (TPSA) is 121 Å². The minimum atomic E-state index is -4.61. The second kappa shape index (κ2) is 12.1. The Morgan fingerprint density at radius 3 is 2.66 bits per heavy atom. The van der Waals surface area contributed by atoms with Gasteiger partial charge >= 0.3 is 13.9 Å². The molecule has 0 bridgehead atoms. The van der Waals surface area contributed by atoms with E-state index >= 15 is 0 Å². The van der Waals surface area contributed by atoms with E-state index in [9.17, 15) is 18.1 Å². The van der Waals surface area contributed by atoms with Gasteiger partial charge in [0.15, 0.2) is 11.6 Å². The number of ether oxygens (including phenoxy) is 1. The van der Waals surface area contributed by atoms with E-state index < -0.39 is 31.6 Å². The number of pyridine rings is 1. The molecule has 0 aliphatic heterocycles. The van der Waals surface area contributed by atoms with Gasteiger partial charge in [0.1, 0.15) is 12.4 Å². The van der Waals surface area contributed by atoms with Gasteiger partial charge in [-0.15, -0.1) is 0 Å². The predicted octanol–water partition coefficient (Wildman–Crippen LogP) is 4.45. The zero-order valence-electron chi connectivity index (χ0n) is 18.9. The van der Waals surface area contributed by atoms with Crippen molar-refractivity contribution in [3.8, 4) is 0 Å². The second-order valence-electron chi connectivity index (χ2n) is 7.89. The lowest BCUT2D eigenvalue weighted by molar-refractivity contribution is 0.0977. The van der Waals surface area contributed by atoms with Gasteiger partial charge in [0, 0.05) is 29.7 Å². The average molecular weight is 509 g/mol. The summed E-state index contributed by atoms with van der Waals surface area (Å²) in [5.41, 5.74) is 0.119. The fraction of sp³-hybridized carbons (Fsp3) is 0.304. The molecule has 3 rings (SSSR count). The van der Waals surface area contributed by atoms with Crippen molar-refractivity contribution in [2.24, 2.45) is 0 Å². The average Bonchev–Trinajstić information content (AvgIpc) is 2.80. The highest BCUT2D eigenvalue weighted by molar-refractivity contribution is 7.46. The van der Waals surface area contributed by atoms with Gasteiger partial charge in [0.2, 0.25) is 0 Å². The molecule has 188 valence electrons. The Morgan fingerprint density at radius 1 is 1.17 bits per heavy atom. The monoisotopic (exact) mass is 509 g/mol. The largest absolute Gasteiger partial charge is 0.469 e. The smallest absolute Gasteiger partial charge is 0.448 e. The Labute approximate surface area is 200 Å². The normalized spacial score (nSPS) is 12.6. The van der Waals surface area contributed by atoms with Gasteiger partial charge in [0.25, 0.3) is 0 Å². The molecule has 3 N–H and O–H groups in total. The van der Waals surface area contributed by atoms with Crippen molar-refractivity contribution in [3.05, 3.63) is 71.9 Å². The highest BCUT2D eigenvalue weighted by atomic mass is 31.2. The summed E-state index contributed by atoms with van der Waals surface area (Å²) in [6, 6.07) is 12.6. The van der Waals surface area contributed by atoms with Crippen molar-refractivity contribution in [3.63, 3.8) is 0 Å². The first-order valence-corrected chi connectivity index (χ1v) is 12.3. The first-order chi connectivity index (χ1) is 16.6. The van der Waals surface area contributed by atoms with E-state index in [1.165, 1.54) is 12.1 Å². The van der Waals surface area contributed by atoms with E-state index in [4.69, 9.17) is 14.5 Å². The highest BCUT2D eigenvalue weighted by Crippen LogP contribution is 2.35. The van der Waals surface area contributed by atoms with Crippen LogP contribution < -0.4 is 5.32 Å². The van der Waals surface area contributed by atoms with Crippen LogP contribution in [-0.4, -0.2) is 52.1 Å². The number of hydrogen-bond donors (Lipinski definition) is 3. The van der Waals surface area contributed by atoms with Crippen LogP contribution in [0.25, 0.3) is 10.8 Å². The number of nitrogens with one attached hydrogen (secondary N) is 1. The number of amides is 1. The zero-order valence-corrected chi connectivity index (χ0v) is 19.8. The summed E-state index contributed by atoms with van der Waals surface area (Å²) in [5.74, 6) is -1.64. The highest BCUT2D eigenvalue weighted by Gasteiger charge is 2.21. The fourth-order valence-corrected chi connectivity index (χ4v) is 3.83.